The zero-order chi connectivity index (χ0) is 14.6. The lowest BCUT2D eigenvalue weighted by Gasteiger charge is -2.26. The van der Waals surface area contributed by atoms with Crippen molar-refractivity contribution in [2.24, 2.45) is 0 Å². The predicted molar refractivity (Wildman–Crippen MR) is 90.5 cm³/mol. The van der Waals surface area contributed by atoms with Crippen LogP contribution in [-0.4, -0.2) is 17.1 Å². The van der Waals surface area contributed by atoms with Crippen LogP contribution < -0.4 is 5.32 Å². The van der Waals surface area contributed by atoms with Gasteiger partial charge in [0, 0.05) is 27.9 Å². The Morgan fingerprint density at radius 2 is 2.05 bits per heavy atom. The molecule has 108 valence electrons. The van der Waals surface area contributed by atoms with E-state index in [4.69, 9.17) is 0 Å². The first-order valence-corrected chi connectivity index (χ1v) is 8.56. The van der Waals surface area contributed by atoms with Gasteiger partial charge in [-0.1, -0.05) is 34.1 Å². The Bertz CT molecular complexity index is 532. The van der Waals surface area contributed by atoms with Crippen LogP contribution in [0.1, 0.15) is 37.9 Å². The fourth-order valence-corrected chi connectivity index (χ4v) is 3.30. The van der Waals surface area contributed by atoms with Gasteiger partial charge >= 0.3 is 0 Å². The summed E-state index contributed by atoms with van der Waals surface area (Å²) in [6, 6.07) is 8.47. The number of hydrogen-bond acceptors (Lipinski definition) is 3. The van der Waals surface area contributed by atoms with Crippen LogP contribution in [0.4, 0.5) is 0 Å². The van der Waals surface area contributed by atoms with Crippen molar-refractivity contribution in [2.45, 2.75) is 38.6 Å². The fraction of sp³-hybridized carbons (Fsp3) is 0.438. The van der Waals surface area contributed by atoms with E-state index in [2.05, 4.69) is 76.6 Å². The molecule has 0 radical (unpaired) electrons. The van der Waals surface area contributed by atoms with Gasteiger partial charge in [-0.2, -0.15) is 0 Å². The Morgan fingerprint density at radius 3 is 2.65 bits per heavy atom. The average molecular weight is 353 g/mol. The van der Waals surface area contributed by atoms with Crippen molar-refractivity contribution in [1.82, 2.24) is 10.3 Å². The maximum absolute atomic E-state index is 4.43. The molecular formula is C16H21BrN2S. The summed E-state index contributed by atoms with van der Waals surface area (Å²) in [5.74, 6) is 0.423. The van der Waals surface area contributed by atoms with Crippen molar-refractivity contribution in [2.75, 3.05) is 6.54 Å². The molecule has 2 aromatic rings. The van der Waals surface area contributed by atoms with E-state index in [9.17, 15) is 0 Å². The van der Waals surface area contributed by atoms with Crippen molar-refractivity contribution in [1.29, 1.82) is 0 Å². The smallest absolute Gasteiger partial charge is 0.0794 e. The van der Waals surface area contributed by atoms with Gasteiger partial charge in [-0.3, -0.25) is 0 Å². The number of nitrogens with one attached hydrogen (secondary N) is 1. The van der Waals surface area contributed by atoms with Crippen LogP contribution in [0, 0.1) is 0 Å². The molecule has 4 heteroatoms. The second-order valence-corrected chi connectivity index (χ2v) is 7.61. The van der Waals surface area contributed by atoms with Gasteiger partial charge in [0.15, 0.2) is 0 Å². The Morgan fingerprint density at radius 1 is 1.30 bits per heavy atom. The van der Waals surface area contributed by atoms with Gasteiger partial charge in [0.05, 0.1) is 11.2 Å². The molecule has 1 atom stereocenters. The number of thiazole rings is 1. The summed E-state index contributed by atoms with van der Waals surface area (Å²) >= 11 is 5.34. The van der Waals surface area contributed by atoms with E-state index in [1.165, 1.54) is 15.7 Å². The number of nitrogens with zero attached hydrogens (tertiary/aromatic N) is 1. The first kappa shape index (κ1) is 15.7. The highest BCUT2D eigenvalue weighted by Gasteiger charge is 2.19. The van der Waals surface area contributed by atoms with Crippen molar-refractivity contribution in [3.05, 3.63) is 50.9 Å². The molecule has 1 heterocycles. The molecule has 1 N–H and O–H groups in total. The molecule has 0 aliphatic carbocycles. The molecule has 0 saturated heterocycles. The largest absolute Gasteiger partial charge is 0.311 e. The highest BCUT2D eigenvalue weighted by molar-refractivity contribution is 9.10. The lowest BCUT2D eigenvalue weighted by Crippen LogP contribution is -2.39. The van der Waals surface area contributed by atoms with Gasteiger partial charge < -0.3 is 5.32 Å². The number of aromatic nitrogens is 1. The molecular weight excluding hydrogens is 332 g/mol. The fourth-order valence-electron chi connectivity index (χ4n) is 2.12. The highest BCUT2D eigenvalue weighted by Crippen LogP contribution is 2.28. The van der Waals surface area contributed by atoms with E-state index in [1.807, 2.05) is 5.51 Å². The minimum Gasteiger partial charge on any atom is -0.311 e. The van der Waals surface area contributed by atoms with E-state index >= 15 is 0 Å². The van der Waals surface area contributed by atoms with Crippen molar-refractivity contribution < 1.29 is 0 Å². The minimum atomic E-state index is 0.127. The van der Waals surface area contributed by atoms with Gasteiger partial charge in [0.1, 0.15) is 0 Å². The summed E-state index contributed by atoms with van der Waals surface area (Å²) < 4.78 is 1.18. The number of halogens is 1. The van der Waals surface area contributed by atoms with Crippen LogP contribution >= 0.6 is 27.3 Å². The molecule has 0 fully saturated rings. The lowest BCUT2D eigenvalue weighted by atomic mass is 9.93. The van der Waals surface area contributed by atoms with Crippen molar-refractivity contribution in [3.63, 3.8) is 0 Å². The summed E-state index contributed by atoms with van der Waals surface area (Å²) in [6.07, 6.45) is 0.967. The number of rotatable bonds is 5. The zero-order valence-electron chi connectivity index (χ0n) is 12.2. The van der Waals surface area contributed by atoms with Crippen LogP contribution in [0.5, 0.6) is 0 Å². The SMILES string of the molecule is CC(C)(C)NCC(Cc1cscn1)c1ccccc1Br. The van der Waals surface area contributed by atoms with Crippen LogP contribution in [0.15, 0.2) is 39.6 Å². The second kappa shape index (κ2) is 6.83. The normalized spacial score (nSPS) is 13.4. The molecule has 2 nitrogen and oxygen atoms in total. The Kier molecular flexibility index (Phi) is 5.35. The summed E-state index contributed by atoms with van der Waals surface area (Å²) in [5.41, 5.74) is 4.55. The van der Waals surface area contributed by atoms with E-state index in [1.54, 1.807) is 11.3 Å². The molecule has 1 unspecified atom stereocenters. The lowest BCUT2D eigenvalue weighted by molar-refractivity contribution is 0.404. The summed E-state index contributed by atoms with van der Waals surface area (Å²) in [4.78, 5) is 4.43. The average Bonchev–Trinajstić information content (AvgIpc) is 2.87. The molecule has 0 amide bonds. The van der Waals surface area contributed by atoms with Gasteiger partial charge in [0.25, 0.3) is 0 Å². The highest BCUT2D eigenvalue weighted by atomic mass is 79.9. The predicted octanol–water partition coefficient (Wildman–Crippen LogP) is 4.62. The van der Waals surface area contributed by atoms with E-state index in [0.29, 0.717) is 5.92 Å². The van der Waals surface area contributed by atoms with Gasteiger partial charge in [0.2, 0.25) is 0 Å². The monoisotopic (exact) mass is 352 g/mol. The Balaban J connectivity index is 2.17. The topological polar surface area (TPSA) is 24.9 Å². The van der Waals surface area contributed by atoms with E-state index in [-0.39, 0.29) is 5.54 Å². The molecule has 0 saturated carbocycles. The minimum absolute atomic E-state index is 0.127. The van der Waals surface area contributed by atoms with Crippen LogP contribution in [0.2, 0.25) is 0 Å². The second-order valence-electron chi connectivity index (χ2n) is 6.03. The molecule has 1 aromatic heterocycles. The van der Waals surface area contributed by atoms with Gasteiger partial charge in [-0.15, -0.1) is 11.3 Å². The quantitative estimate of drug-likeness (QED) is 0.848. The van der Waals surface area contributed by atoms with Crippen LogP contribution in [0.25, 0.3) is 0 Å². The third kappa shape index (κ3) is 4.69. The maximum atomic E-state index is 4.43. The number of benzene rings is 1. The molecule has 0 spiro atoms. The van der Waals surface area contributed by atoms with Crippen LogP contribution in [-0.2, 0) is 6.42 Å². The van der Waals surface area contributed by atoms with E-state index in [0.717, 1.165) is 13.0 Å². The van der Waals surface area contributed by atoms with Crippen molar-refractivity contribution in [3.8, 4) is 0 Å². The Labute approximate surface area is 133 Å². The molecule has 1 aromatic carbocycles. The van der Waals surface area contributed by atoms with E-state index < -0.39 is 0 Å². The molecule has 0 bridgehead atoms. The first-order valence-electron chi connectivity index (χ1n) is 6.82. The Hall–Kier alpha value is -0.710. The molecule has 0 aliphatic rings. The standard InChI is InChI=1S/C16H21BrN2S/c1-16(2,3)19-9-12(8-13-10-20-11-18-13)14-6-4-5-7-15(14)17/h4-7,10-12,19H,8-9H2,1-3H3. The summed E-state index contributed by atoms with van der Waals surface area (Å²) in [6.45, 7) is 7.55. The zero-order valence-corrected chi connectivity index (χ0v) is 14.6. The van der Waals surface area contributed by atoms with Crippen LogP contribution in [0.3, 0.4) is 0 Å². The summed E-state index contributed by atoms with van der Waals surface area (Å²) in [5, 5.41) is 5.75. The third-order valence-corrected chi connectivity index (χ3v) is 4.52. The molecule has 20 heavy (non-hydrogen) atoms. The first-order chi connectivity index (χ1) is 9.46. The third-order valence-electron chi connectivity index (χ3n) is 3.16. The molecule has 0 aliphatic heterocycles. The van der Waals surface area contributed by atoms with Gasteiger partial charge in [-0.25, -0.2) is 4.98 Å². The summed E-state index contributed by atoms with van der Waals surface area (Å²) in [7, 11) is 0. The molecule has 2 rings (SSSR count). The van der Waals surface area contributed by atoms with Crippen molar-refractivity contribution >= 4 is 27.3 Å². The maximum Gasteiger partial charge on any atom is 0.0794 e. The van der Waals surface area contributed by atoms with Gasteiger partial charge in [-0.05, 0) is 38.8 Å². The number of hydrogen-bond donors (Lipinski definition) is 1.